The molecule has 0 aromatic heterocycles. The van der Waals surface area contributed by atoms with Crippen molar-refractivity contribution in [1.82, 2.24) is 5.32 Å². The number of hydrogen-bond donors (Lipinski definition) is 1. The van der Waals surface area contributed by atoms with Crippen LogP contribution < -0.4 is 5.32 Å². The molecular formula is C20H23Cl2NO. The van der Waals surface area contributed by atoms with Crippen LogP contribution in [0, 0.1) is 5.92 Å². The summed E-state index contributed by atoms with van der Waals surface area (Å²) >= 11 is 12.3. The number of amides is 1. The zero-order valence-electron chi connectivity index (χ0n) is 14.1. The second kappa shape index (κ2) is 9.10. The van der Waals surface area contributed by atoms with Gasteiger partial charge < -0.3 is 5.32 Å². The van der Waals surface area contributed by atoms with Gasteiger partial charge in [0, 0.05) is 16.5 Å². The lowest BCUT2D eigenvalue weighted by Gasteiger charge is -2.21. The summed E-state index contributed by atoms with van der Waals surface area (Å²) in [6, 6.07) is 15.5. The Bertz CT molecular complexity index is 650. The van der Waals surface area contributed by atoms with Gasteiger partial charge in [0.05, 0.1) is 6.04 Å². The zero-order chi connectivity index (χ0) is 17.5. The van der Waals surface area contributed by atoms with Crippen LogP contribution >= 0.6 is 23.2 Å². The first kappa shape index (κ1) is 18.8. The van der Waals surface area contributed by atoms with Gasteiger partial charge in [-0.15, -0.1) is 0 Å². The van der Waals surface area contributed by atoms with Crippen LogP contribution in [0.4, 0.5) is 0 Å². The van der Waals surface area contributed by atoms with Gasteiger partial charge in [0.2, 0.25) is 5.91 Å². The normalized spacial score (nSPS) is 12.2. The second-order valence-electron chi connectivity index (χ2n) is 6.36. The fourth-order valence-corrected chi connectivity index (χ4v) is 3.30. The van der Waals surface area contributed by atoms with E-state index in [0.29, 0.717) is 28.8 Å². The number of nitrogens with one attached hydrogen (secondary N) is 1. The number of carbonyl (C=O) groups is 1. The van der Waals surface area contributed by atoms with E-state index in [0.717, 1.165) is 17.5 Å². The summed E-state index contributed by atoms with van der Waals surface area (Å²) in [5.41, 5.74) is 1.96. The predicted octanol–water partition coefficient (Wildman–Crippen LogP) is 5.83. The Morgan fingerprint density at radius 2 is 1.62 bits per heavy atom. The van der Waals surface area contributed by atoms with Crippen LogP contribution in [0.1, 0.15) is 43.9 Å². The van der Waals surface area contributed by atoms with Crippen molar-refractivity contribution < 1.29 is 4.79 Å². The number of halogens is 2. The van der Waals surface area contributed by atoms with Crippen molar-refractivity contribution in [2.75, 3.05) is 0 Å². The van der Waals surface area contributed by atoms with Crippen LogP contribution in [0.15, 0.2) is 48.5 Å². The quantitative estimate of drug-likeness (QED) is 0.658. The second-order valence-corrected chi connectivity index (χ2v) is 7.17. The molecule has 0 radical (unpaired) electrons. The molecule has 0 saturated carbocycles. The number of benzene rings is 2. The molecule has 0 spiro atoms. The maximum absolute atomic E-state index is 12.4. The van der Waals surface area contributed by atoms with E-state index in [-0.39, 0.29) is 11.9 Å². The summed E-state index contributed by atoms with van der Waals surface area (Å²) in [5.74, 6) is 0.508. The molecule has 0 heterocycles. The third-order valence-corrected chi connectivity index (χ3v) is 4.62. The van der Waals surface area contributed by atoms with Crippen molar-refractivity contribution in [1.29, 1.82) is 0 Å². The van der Waals surface area contributed by atoms with E-state index in [9.17, 15) is 4.79 Å². The van der Waals surface area contributed by atoms with Gasteiger partial charge in [0.15, 0.2) is 0 Å². The summed E-state index contributed by atoms with van der Waals surface area (Å²) in [6.45, 7) is 4.32. The van der Waals surface area contributed by atoms with E-state index in [1.165, 1.54) is 0 Å². The van der Waals surface area contributed by atoms with Crippen LogP contribution in [-0.4, -0.2) is 5.91 Å². The van der Waals surface area contributed by atoms with Crippen molar-refractivity contribution in [3.63, 3.8) is 0 Å². The molecule has 128 valence electrons. The maximum Gasteiger partial charge on any atom is 0.220 e. The first-order valence-electron chi connectivity index (χ1n) is 8.24. The van der Waals surface area contributed by atoms with Gasteiger partial charge in [-0.1, -0.05) is 73.4 Å². The van der Waals surface area contributed by atoms with Gasteiger partial charge in [0.1, 0.15) is 0 Å². The fourth-order valence-electron chi connectivity index (χ4n) is 2.71. The van der Waals surface area contributed by atoms with Crippen molar-refractivity contribution in [2.45, 2.75) is 39.2 Å². The molecule has 2 rings (SSSR count). The molecule has 1 N–H and O–H groups in total. The smallest absolute Gasteiger partial charge is 0.220 e. The molecule has 0 saturated heterocycles. The highest BCUT2D eigenvalue weighted by Crippen LogP contribution is 2.26. The number of rotatable bonds is 7. The molecule has 0 aliphatic rings. The highest BCUT2D eigenvalue weighted by atomic mass is 35.5. The lowest BCUT2D eigenvalue weighted by molar-refractivity contribution is -0.121. The van der Waals surface area contributed by atoms with Crippen molar-refractivity contribution in [3.8, 4) is 0 Å². The lowest BCUT2D eigenvalue weighted by Crippen LogP contribution is -2.29. The van der Waals surface area contributed by atoms with Crippen molar-refractivity contribution >= 4 is 29.1 Å². The molecule has 24 heavy (non-hydrogen) atoms. The van der Waals surface area contributed by atoms with Gasteiger partial charge in [-0.3, -0.25) is 4.79 Å². The summed E-state index contributed by atoms with van der Waals surface area (Å²) in [5, 5.41) is 4.37. The topological polar surface area (TPSA) is 29.1 Å². The van der Waals surface area contributed by atoms with Crippen LogP contribution in [0.2, 0.25) is 10.0 Å². The molecule has 4 heteroatoms. The SMILES string of the molecule is CC(C)CC(NC(=O)CCc1c(Cl)cccc1Cl)c1ccccc1. The minimum absolute atomic E-state index is 0.0143. The van der Waals surface area contributed by atoms with Crippen LogP contribution in [0.25, 0.3) is 0 Å². The Morgan fingerprint density at radius 3 is 2.21 bits per heavy atom. The first-order chi connectivity index (χ1) is 11.5. The van der Waals surface area contributed by atoms with Crippen LogP contribution in [0.3, 0.4) is 0 Å². The molecule has 0 aliphatic carbocycles. The molecule has 1 atom stereocenters. The molecule has 2 aromatic carbocycles. The highest BCUT2D eigenvalue weighted by Gasteiger charge is 2.16. The fraction of sp³-hybridized carbons (Fsp3) is 0.350. The number of carbonyl (C=O) groups excluding carboxylic acids is 1. The Kier molecular flexibility index (Phi) is 7.14. The monoisotopic (exact) mass is 363 g/mol. The standard InChI is InChI=1S/C20H23Cl2NO/c1-14(2)13-19(15-7-4-3-5-8-15)23-20(24)12-11-16-17(21)9-6-10-18(16)22/h3-10,14,19H,11-13H2,1-2H3,(H,23,24). The average molecular weight is 364 g/mol. The van der Waals surface area contributed by atoms with Gasteiger partial charge in [-0.2, -0.15) is 0 Å². The van der Waals surface area contributed by atoms with Gasteiger partial charge in [-0.25, -0.2) is 0 Å². The molecule has 2 aromatic rings. The van der Waals surface area contributed by atoms with Crippen LogP contribution in [-0.2, 0) is 11.2 Å². The molecule has 0 aliphatic heterocycles. The summed E-state index contributed by atoms with van der Waals surface area (Å²) in [6.07, 6.45) is 1.81. The third-order valence-electron chi connectivity index (χ3n) is 3.91. The number of hydrogen-bond acceptors (Lipinski definition) is 1. The largest absolute Gasteiger partial charge is 0.349 e. The first-order valence-corrected chi connectivity index (χ1v) is 9.00. The molecule has 1 amide bonds. The molecule has 0 bridgehead atoms. The van der Waals surface area contributed by atoms with Gasteiger partial charge in [0.25, 0.3) is 0 Å². The van der Waals surface area contributed by atoms with E-state index in [4.69, 9.17) is 23.2 Å². The van der Waals surface area contributed by atoms with Crippen molar-refractivity contribution in [2.24, 2.45) is 5.92 Å². The minimum atomic E-state index is 0.0143. The summed E-state index contributed by atoms with van der Waals surface area (Å²) in [4.78, 5) is 12.4. The molecular weight excluding hydrogens is 341 g/mol. The lowest BCUT2D eigenvalue weighted by atomic mass is 9.96. The Balaban J connectivity index is 2.00. The predicted molar refractivity (Wildman–Crippen MR) is 102 cm³/mol. The summed E-state index contributed by atoms with van der Waals surface area (Å²) < 4.78 is 0. The average Bonchev–Trinajstić information content (AvgIpc) is 2.54. The Labute approximate surface area is 154 Å². The molecule has 1 unspecified atom stereocenters. The summed E-state index contributed by atoms with van der Waals surface area (Å²) in [7, 11) is 0. The van der Waals surface area contributed by atoms with E-state index in [2.05, 4.69) is 31.3 Å². The molecule has 0 fully saturated rings. The van der Waals surface area contributed by atoms with Crippen molar-refractivity contribution in [3.05, 3.63) is 69.7 Å². The minimum Gasteiger partial charge on any atom is -0.349 e. The highest BCUT2D eigenvalue weighted by molar-refractivity contribution is 6.36. The maximum atomic E-state index is 12.4. The van der Waals surface area contributed by atoms with E-state index in [1.54, 1.807) is 12.1 Å². The van der Waals surface area contributed by atoms with E-state index >= 15 is 0 Å². The van der Waals surface area contributed by atoms with Crippen LogP contribution in [0.5, 0.6) is 0 Å². The Morgan fingerprint density at radius 1 is 1.00 bits per heavy atom. The molecule has 2 nitrogen and oxygen atoms in total. The zero-order valence-corrected chi connectivity index (χ0v) is 15.6. The van der Waals surface area contributed by atoms with Gasteiger partial charge in [-0.05, 0) is 42.0 Å². The van der Waals surface area contributed by atoms with E-state index < -0.39 is 0 Å². The van der Waals surface area contributed by atoms with Gasteiger partial charge >= 0.3 is 0 Å². The Hall–Kier alpha value is -1.51. The third kappa shape index (κ3) is 5.54. The van der Waals surface area contributed by atoms with E-state index in [1.807, 2.05) is 24.3 Å².